The number of nitrogens with zero attached hydrogens (tertiary/aromatic N) is 4. The van der Waals surface area contributed by atoms with Crippen molar-refractivity contribution in [2.45, 2.75) is 19.4 Å². The molecule has 182 valence electrons. The highest BCUT2D eigenvalue weighted by Crippen LogP contribution is 2.25. The van der Waals surface area contributed by atoms with Crippen molar-refractivity contribution in [3.8, 4) is 11.6 Å². The fourth-order valence-electron chi connectivity index (χ4n) is 4.21. The minimum atomic E-state index is 0.391. The summed E-state index contributed by atoms with van der Waals surface area (Å²) in [5.74, 6) is 2.33. The number of rotatable bonds is 7. The normalized spacial score (nSPS) is 15.7. The van der Waals surface area contributed by atoms with Gasteiger partial charge in [0.1, 0.15) is 11.6 Å². The standard InChI is InChI=1S/C26H30N6O2S/c35-26(27-19-20-8-10-21(11-9-20)31-12-4-5-13-31)30-25-28-23(32-14-16-33-17-15-32)18-24(29-25)34-22-6-2-1-3-7-22/h1-3,6-11,18H,4-5,12-17,19H2,(H2,27,28,29,30,35). The first kappa shape index (κ1) is 23.3. The molecule has 0 bridgehead atoms. The lowest BCUT2D eigenvalue weighted by Gasteiger charge is -2.28. The summed E-state index contributed by atoms with van der Waals surface area (Å²) in [6, 6.07) is 20.1. The maximum Gasteiger partial charge on any atom is 0.234 e. The number of thiocarbonyl (C=S) groups is 1. The van der Waals surface area contributed by atoms with Crippen LogP contribution in [0.2, 0.25) is 0 Å². The van der Waals surface area contributed by atoms with E-state index in [4.69, 9.17) is 21.7 Å². The van der Waals surface area contributed by atoms with Crippen molar-refractivity contribution in [1.29, 1.82) is 0 Å². The van der Waals surface area contributed by atoms with Crippen LogP contribution in [0.5, 0.6) is 11.6 Å². The number of aromatic nitrogens is 2. The van der Waals surface area contributed by atoms with Crippen LogP contribution < -0.4 is 25.2 Å². The van der Waals surface area contributed by atoms with Gasteiger partial charge in [-0.25, -0.2) is 0 Å². The van der Waals surface area contributed by atoms with E-state index in [1.165, 1.54) is 18.5 Å². The van der Waals surface area contributed by atoms with Crippen LogP contribution in [0.15, 0.2) is 60.7 Å². The van der Waals surface area contributed by atoms with Crippen LogP contribution in [-0.2, 0) is 11.3 Å². The molecule has 2 saturated heterocycles. The largest absolute Gasteiger partial charge is 0.439 e. The Morgan fingerprint density at radius 2 is 1.66 bits per heavy atom. The molecule has 3 heterocycles. The number of hydrogen-bond donors (Lipinski definition) is 2. The Labute approximate surface area is 211 Å². The van der Waals surface area contributed by atoms with E-state index in [0.717, 1.165) is 37.6 Å². The van der Waals surface area contributed by atoms with Crippen molar-refractivity contribution >= 4 is 34.8 Å². The van der Waals surface area contributed by atoms with Gasteiger partial charge in [-0.1, -0.05) is 30.3 Å². The number of para-hydroxylation sites is 1. The van der Waals surface area contributed by atoms with E-state index >= 15 is 0 Å². The predicted octanol–water partition coefficient (Wildman–Crippen LogP) is 4.19. The molecule has 8 nitrogen and oxygen atoms in total. The van der Waals surface area contributed by atoms with Crippen LogP contribution in [0.4, 0.5) is 17.5 Å². The number of ether oxygens (including phenoxy) is 2. The molecule has 0 amide bonds. The molecular formula is C26H30N6O2S. The molecule has 2 fully saturated rings. The Morgan fingerprint density at radius 3 is 2.40 bits per heavy atom. The van der Waals surface area contributed by atoms with Gasteiger partial charge in [-0.2, -0.15) is 9.97 Å². The molecular weight excluding hydrogens is 460 g/mol. The Balaban J connectivity index is 1.24. The summed E-state index contributed by atoms with van der Waals surface area (Å²) in [5.41, 5.74) is 2.44. The zero-order valence-corrected chi connectivity index (χ0v) is 20.5. The smallest absolute Gasteiger partial charge is 0.234 e. The van der Waals surface area contributed by atoms with Crippen molar-refractivity contribution < 1.29 is 9.47 Å². The molecule has 2 aliphatic heterocycles. The zero-order chi connectivity index (χ0) is 23.9. The maximum absolute atomic E-state index is 6.00. The van der Waals surface area contributed by atoms with Crippen molar-refractivity contribution in [3.63, 3.8) is 0 Å². The third kappa shape index (κ3) is 6.37. The van der Waals surface area contributed by atoms with Gasteiger partial charge in [-0.05, 0) is 54.9 Å². The highest BCUT2D eigenvalue weighted by Gasteiger charge is 2.17. The van der Waals surface area contributed by atoms with Gasteiger partial charge in [0.2, 0.25) is 11.8 Å². The lowest BCUT2D eigenvalue weighted by molar-refractivity contribution is 0.122. The second-order valence-corrected chi connectivity index (χ2v) is 8.98. The van der Waals surface area contributed by atoms with Gasteiger partial charge < -0.3 is 29.9 Å². The second kappa shape index (κ2) is 11.3. The molecule has 1 aromatic heterocycles. The number of nitrogens with one attached hydrogen (secondary N) is 2. The summed E-state index contributed by atoms with van der Waals surface area (Å²) in [7, 11) is 0. The Morgan fingerprint density at radius 1 is 0.914 bits per heavy atom. The van der Waals surface area contributed by atoms with Gasteiger partial charge in [-0.3, -0.25) is 0 Å². The first-order valence-corrected chi connectivity index (χ1v) is 12.5. The molecule has 2 aliphatic rings. The molecule has 35 heavy (non-hydrogen) atoms. The van der Waals surface area contributed by atoms with Crippen LogP contribution in [0.25, 0.3) is 0 Å². The predicted molar refractivity (Wildman–Crippen MR) is 143 cm³/mol. The van der Waals surface area contributed by atoms with Crippen LogP contribution in [-0.4, -0.2) is 54.5 Å². The molecule has 0 atom stereocenters. The average Bonchev–Trinajstić information content (AvgIpc) is 3.44. The molecule has 2 N–H and O–H groups in total. The second-order valence-electron chi connectivity index (χ2n) is 8.57. The Hall–Kier alpha value is -3.43. The number of morpholine rings is 1. The van der Waals surface area contributed by atoms with E-state index in [0.29, 0.717) is 42.4 Å². The summed E-state index contributed by atoms with van der Waals surface area (Å²) in [6.45, 7) is 5.75. The maximum atomic E-state index is 6.00. The summed E-state index contributed by atoms with van der Waals surface area (Å²) < 4.78 is 11.5. The van der Waals surface area contributed by atoms with Gasteiger partial charge >= 0.3 is 0 Å². The summed E-state index contributed by atoms with van der Waals surface area (Å²) >= 11 is 5.54. The van der Waals surface area contributed by atoms with Crippen LogP contribution >= 0.6 is 12.2 Å². The van der Waals surface area contributed by atoms with Gasteiger partial charge in [0.25, 0.3) is 0 Å². The highest BCUT2D eigenvalue weighted by atomic mass is 32.1. The van der Waals surface area contributed by atoms with E-state index in [2.05, 4.69) is 54.7 Å². The fraction of sp³-hybridized carbons (Fsp3) is 0.346. The summed E-state index contributed by atoms with van der Waals surface area (Å²) in [5, 5.41) is 6.84. The average molecular weight is 491 g/mol. The third-order valence-electron chi connectivity index (χ3n) is 6.08. The number of benzene rings is 2. The topological polar surface area (TPSA) is 74.8 Å². The first-order chi connectivity index (χ1) is 17.2. The van der Waals surface area contributed by atoms with Gasteiger partial charge in [0.15, 0.2) is 5.11 Å². The monoisotopic (exact) mass is 490 g/mol. The lowest BCUT2D eigenvalue weighted by Crippen LogP contribution is -2.37. The van der Waals surface area contributed by atoms with Crippen LogP contribution in [0.3, 0.4) is 0 Å². The van der Waals surface area contributed by atoms with Crippen molar-refractivity contribution in [3.05, 3.63) is 66.2 Å². The Kier molecular flexibility index (Phi) is 7.55. The van der Waals surface area contributed by atoms with Gasteiger partial charge in [0.05, 0.1) is 13.2 Å². The van der Waals surface area contributed by atoms with Crippen molar-refractivity contribution in [1.82, 2.24) is 15.3 Å². The van der Waals surface area contributed by atoms with Crippen LogP contribution in [0.1, 0.15) is 18.4 Å². The molecule has 0 unspecified atom stereocenters. The van der Waals surface area contributed by atoms with Crippen molar-refractivity contribution in [2.75, 3.05) is 54.5 Å². The number of hydrogen-bond acceptors (Lipinski definition) is 7. The molecule has 0 radical (unpaired) electrons. The minimum absolute atomic E-state index is 0.391. The molecule has 0 aliphatic carbocycles. The zero-order valence-electron chi connectivity index (χ0n) is 19.7. The fourth-order valence-corrected chi connectivity index (χ4v) is 4.38. The minimum Gasteiger partial charge on any atom is -0.439 e. The van der Waals surface area contributed by atoms with Gasteiger partial charge in [-0.15, -0.1) is 0 Å². The lowest BCUT2D eigenvalue weighted by atomic mass is 10.2. The van der Waals surface area contributed by atoms with Crippen molar-refractivity contribution in [2.24, 2.45) is 0 Å². The molecule has 9 heteroatoms. The molecule has 0 saturated carbocycles. The quantitative estimate of drug-likeness (QED) is 0.474. The summed E-state index contributed by atoms with van der Waals surface area (Å²) in [4.78, 5) is 13.8. The summed E-state index contributed by atoms with van der Waals surface area (Å²) in [6.07, 6.45) is 2.55. The first-order valence-electron chi connectivity index (χ1n) is 12.1. The molecule has 3 aromatic rings. The Bertz CT molecular complexity index is 1120. The van der Waals surface area contributed by atoms with E-state index < -0.39 is 0 Å². The number of anilines is 3. The van der Waals surface area contributed by atoms with E-state index in [1.807, 2.05) is 36.4 Å². The van der Waals surface area contributed by atoms with Crippen LogP contribution in [0, 0.1) is 0 Å². The SMILES string of the molecule is S=C(NCc1ccc(N2CCCC2)cc1)Nc1nc(Oc2ccccc2)cc(N2CCOCC2)n1. The molecule has 0 spiro atoms. The van der Waals surface area contributed by atoms with E-state index in [-0.39, 0.29) is 0 Å². The molecule has 5 rings (SSSR count). The van der Waals surface area contributed by atoms with E-state index in [9.17, 15) is 0 Å². The van der Waals surface area contributed by atoms with Gasteiger partial charge in [0, 0.05) is 44.5 Å². The van der Waals surface area contributed by atoms with E-state index in [1.54, 1.807) is 0 Å². The third-order valence-corrected chi connectivity index (χ3v) is 6.32. The highest BCUT2D eigenvalue weighted by molar-refractivity contribution is 7.80. The molecule has 2 aromatic carbocycles.